The van der Waals surface area contributed by atoms with Crippen molar-refractivity contribution < 1.29 is 9.53 Å². The monoisotopic (exact) mass is 356 g/mol. The number of hydrogen-bond donors (Lipinski definition) is 0. The molecule has 0 bridgehead atoms. The van der Waals surface area contributed by atoms with Crippen molar-refractivity contribution in [1.29, 1.82) is 0 Å². The van der Waals surface area contributed by atoms with Crippen LogP contribution in [0, 0.1) is 5.92 Å². The van der Waals surface area contributed by atoms with Crippen LogP contribution in [0.3, 0.4) is 0 Å². The van der Waals surface area contributed by atoms with Crippen molar-refractivity contribution in [2.75, 3.05) is 12.0 Å². The number of methoxy groups -OCH3 is 1. The van der Waals surface area contributed by atoms with E-state index in [1.165, 1.54) is 5.92 Å². The van der Waals surface area contributed by atoms with Crippen LogP contribution < -0.4 is 9.64 Å². The summed E-state index contributed by atoms with van der Waals surface area (Å²) in [5, 5.41) is 0. The number of anilines is 1. The van der Waals surface area contributed by atoms with Crippen LogP contribution in [0.2, 0.25) is 0 Å². The lowest BCUT2D eigenvalue weighted by atomic mass is 9.83. The molecule has 135 valence electrons. The molecule has 1 fully saturated rings. The maximum absolute atomic E-state index is 12.8. The van der Waals surface area contributed by atoms with Gasteiger partial charge in [-0.1, -0.05) is 60.7 Å². The van der Waals surface area contributed by atoms with Crippen LogP contribution in [-0.2, 0) is 4.79 Å². The fourth-order valence-corrected chi connectivity index (χ4v) is 3.81. The summed E-state index contributed by atoms with van der Waals surface area (Å²) in [4.78, 5) is 14.7. The van der Waals surface area contributed by atoms with E-state index in [9.17, 15) is 4.79 Å². The number of ether oxygens (including phenoxy) is 1. The SMILES string of the molecule is COc1ccc(N2C(=O)CCC2[C](c2ccccc2)c2ccccc2)cc1. The molecular formula is C24H22NO2. The van der Waals surface area contributed by atoms with Crippen LogP contribution >= 0.6 is 0 Å². The first-order valence-electron chi connectivity index (χ1n) is 9.22. The Hall–Kier alpha value is -3.07. The lowest BCUT2D eigenvalue weighted by Crippen LogP contribution is -2.38. The average molecular weight is 356 g/mol. The van der Waals surface area contributed by atoms with Gasteiger partial charge in [0.15, 0.2) is 0 Å². The summed E-state index contributed by atoms with van der Waals surface area (Å²) >= 11 is 0. The Labute approximate surface area is 160 Å². The van der Waals surface area contributed by atoms with Gasteiger partial charge >= 0.3 is 0 Å². The molecule has 1 aliphatic rings. The molecule has 1 saturated heterocycles. The molecule has 0 saturated carbocycles. The number of rotatable bonds is 5. The molecule has 3 aromatic rings. The standard InChI is InChI=1S/C24H22NO2/c1-27-21-14-12-20(13-15-21)25-22(16-17-23(25)26)24(18-8-4-2-5-9-18)19-10-6-3-7-11-19/h2-15,22H,16-17H2,1H3. The van der Waals surface area contributed by atoms with Gasteiger partial charge in [-0.15, -0.1) is 0 Å². The summed E-state index contributed by atoms with van der Waals surface area (Å²) in [6, 6.07) is 28.5. The molecule has 0 aliphatic carbocycles. The lowest BCUT2D eigenvalue weighted by Gasteiger charge is -2.32. The summed E-state index contributed by atoms with van der Waals surface area (Å²) in [6.07, 6.45) is 1.36. The van der Waals surface area contributed by atoms with E-state index in [4.69, 9.17) is 4.74 Å². The number of amides is 1. The average Bonchev–Trinajstić information content (AvgIpc) is 3.11. The minimum atomic E-state index is 0.00990. The highest BCUT2D eigenvalue weighted by atomic mass is 16.5. The van der Waals surface area contributed by atoms with Crippen molar-refractivity contribution in [2.45, 2.75) is 18.9 Å². The maximum Gasteiger partial charge on any atom is 0.227 e. The summed E-state index contributed by atoms with van der Waals surface area (Å²) in [6.45, 7) is 0. The fraction of sp³-hybridized carbons (Fsp3) is 0.167. The minimum absolute atomic E-state index is 0.00990. The molecule has 1 amide bonds. The van der Waals surface area contributed by atoms with Gasteiger partial charge in [-0.25, -0.2) is 0 Å². The number of nitrogens with zero attached hydrogens (tertiary/aromatic N) is 1. The van der Waals surface area contributed by atoms with Crippen molar-refractivity contribution in [3.05, 3.63) is 102 Å². The van der Waals surface area contributed by atoms with Crippen molar-refractivity contribution in [3.8, 4) is 5.75 Å². The third kappa shape index (κ3) is 3.45. The smallest absolute Gasteiger partial charge is 0.227 e. The summed E-state index contributed by atoms with van der Waals surface area (Å²) in [7, 11) is 1.65. The fourth-order valence-electron chi connectivity index (χ4n) is 3.81. The highest BCUT2D eigenvalue weighted by Gasteiger charge is 2.39. The molecule has 4 rings (SSSR count). The van der Waals surface area contributed by atoms with Gasteiger partial charge in [0.1, 0.15) is 5.75 Å². The van der Waals surface area contributed by atoms with Gasteiger partial charge in [-0.3, -0.25) is 4.79 Å². The number of carbonyl (C=O) groups excluding carboxylic acids is 1. The van der Waals surface area contributed by atoms with Crippen molar-refractivity contribution >= 4 is 11.6 Å². The first kappa shape index (κ1) is 17.3. The van der Waals surface area contributed by atoms with Gasteiger partial charge in [0.25, 0.3) is 0 Å². The summed E-state index contributed by atoms with van der Waals surface area (Å²) in [5.74, 6) is 2.14. The molecule has 0 spiro atoms. The van der Waals surface area contributed by atoms with E-state index in [1.54, 1.807) is 7.11 Å². The second-order valence-electron chi connectivity index (χ2n) is 6.66. The molecule has 1 aliphatic heterocycles. The topological polar surface area (TPSA) is 29.5 Å². The molecule has 3 heteroatoms. The van der Waals surface area contributed by atoms with Crippen molar-refractivity contribution in [1.82, 2.24) is 0 Å². The van der Waals surface area contributed by atoms with Gasteiger partial charge in [0.2, 0.25) is 5.91 Å². The Morgan fingerprint density at radius 2 is 1.41 bits per heavy atom. The Kier molecular flexibility index (Phi) is 4.93. The van der Waals surface area contributed by atoms with E-state index >= 15 is 0 Å². The van der Waals surface area contributed by atoms with Gasteiger partial charge in [0, 0.05) is 12.1 Å². The molecular weight excluding hydrogens is 334 g/mol. The lowest BCUT2D eigenvalue weighted by molar-refractivity contribution is -0.117. The third-order valence-corrected chi connectivity index (χ3v) is 5.07. The molecule has 27 heavy (non-hydrogen) atoms. The Bertz CT molecular complexity index is 851. The van der Waals surface area contributed by atoms with Gasteiger partial charge < -0.3 is 9.64 Å². The molecule has 1 unspecified atom stereocenters. The number of benzene rings is 3. The van der Waals surface area contributed by atoms with Crippen molar-refractivity contribution in [2.24, 2.45) is 0 Å². The first-order valence-corrected chi connectivity index (χ1v) is 9.22. The van der Waals surface area contributed by atoms with E-state index < -0.39 is 0 Å². The second kappa shape index (κ2) is 7.67. The van der Waals surface area contributed by atoms with E-state index in [0.29, 0.717) is 6.42 Å². The third-order valence-electron chi connectivity index (χ3n) is 5.07. The van der Waals surface area contributed by atoms with Crippen LogP contribution in [0.25, 0.3) is 0 Å². The van der Waals surface area contributed by atoms with E-state index in [1.807, 2.05) is 65.6 Å². The van der Waals surface area contributed by atoms with Gasteiger partial charge in [0.05, 0.1) is 19.1 Å². The first-order chi connectivity index (χ1) is 13.3. The van der Waals surface area contributed by atoms with Crippen LogP contribution in [0.1, 0.15) is 24.0 Å². The highest BCUT2D eigenvalue weighted by molar-refractivity contribution is 5.97. The van der Waals surface area contributed by atoms with Gasteiger partial charge in [-0.05, 0) is 41.8 Å². The Morgan fingerprint density at radius 1 is 0.852 bits per heavy atom. The van der Waals surface area contributed by atoms with Crippen LogP contribution in [0.5, 0.6) is 5.75 Å². The predicted octanol–water partition coefficient (Wildman–Crippen LogP) is 4.86. The number of hydrogen-bond acceptors (Lipinski definition) is 2. The Morgan fingerprint density at radius 3 is 1.93 bits per heavy atom. The molecule has 1 atom stereocenters. The maximum atomic E-state index is 12.8. The molecule has 1 heterocycles. The molecule has 0 N–H and O–H groups in total. The summed E-state index contributed by atoms with van der Waals surface area (Å²) in [5.41, 5.74) is 3.22. The van der Waals surface area contributed by atoms with E-state index in [-0.39, 0.29) is 11.9 Å². The normalized spacial score (nSPS) is 16.7. The van der Waals surface area contributed by atoms with Crippen LogP contribution in [-0.4, -0.2) is 19.1 Å². The molecule has 1 radical (unpaired) electrons. The molecule has 0 aromatic heterocycles. The number of carbonyl (C=O) groups is 1. The van der Waals surface area contributed by atoms with E-state index in [2.05, 4.69) is 24.3 Å². The molecule has 3 aromatic carbocycles. The highest BCUT2D eigenvalue weighted by Crippen LogP contribution is 2.38. The largest absolute Gasteiger partial charge is 0.497 e. The van der Waals surface area contributed by atoms with E-state index in [0.717, 1.165) is 29.0 Å². The Balaban J connectivity index is 1.77. The second-order valence-corrected chi connectivity index (χ2v) is 6.66. The van der Waals surface area contributed by atoms with Crippen molar-refractivity contribution in [3.63, 3.8) is 0 Å². The van der Waals surface area contributed by atoms with Crippen LogP contribution in [0.4, 0.5) is 5.69 Å². The summed E-state index contributed by atoms with van der Waals surface area (Å²) < 4.78 is 5.26. The predicted molar refractivity (Wildman–Crippen MR) is 108 cm³/mol. The quantitative estimate of drug-likeness (QED) is 0.653. The van der Waals surface area contributed by atoms with Crippen LogP contribution in [0.15, 0.2) is 84.9 Å². The van der Waals surface area contributed by atoms with Gasteiger partial charge in [-0.2, -0.15) is 0 Å². The zero-order valence-corrected chi connectivity index (χ0v) is 15.3. The molecule has 3 nitrogen and oxygen atoms in total. The zero-order chi connectivity index (χ0) is 18.6. The minimum Gasteiger partial charge on any atom is -0.497 e. The zero-order valence-electron chi connectivity index (χ0n) is 15.3.